The van der Waals surface area contributed by atoms with E-state index in [4.69, 9.17) is 0 Å². The van der Waals surface area contributed by atoms with Crippen molar-refractivity contribution in [1.82, 2.24) is 14.8 Å². The molecule has 0 fully saturated rings. The molecule has 0 aliphatic heterocycles. The van der Waals surface area contributed by atoms with E-state index in [1.807, 2.05) is 60.0 Å². The van der Waals surface area contributed by atoms with Gasteiger partial charge < -0.3 is 4.57 Å². The van der Waals surface area contributed by atoms with Crippen molar-refractivity contribution in [2.24, 2.45) is 0 Å². The number of nitrogens with one attached hydrogen (secondary N) is 2. The lowest BCUT2D eigenvalue weighted by Crippen LogP contribution is -2.43. The highest BCUT2D eigenvalue weighted by Gasteiger charge is 2.16. The van der Waals surface area contributed by atoms with Crippen LogP contribution in [-0.4, -0.2) is 18.9 Å². The summed E-state index contributed by atoms with van der Waals surface area (Å²) in [6, 6.07) is 22.0. The number of amides is 1. The van der Waals surface area contributed by atoms with E-state index in [1.165, 1.54) is 12.1 Å². The number of hydrogen-bond donors (Lipinski definition) is 2. The molecule has 0 atom stereocenters. The molecular formula is C21H19N3O3S. The summed E-state index contributed by atoms with van der Waals surface area (Å²) in [5.41, 5.74) is 5.09. The van der Waals surface area contributed by atoms with E-state index in [0.29, 0.717) is 0 Å². The minimum Gasteiger partial charge on any atom is -0.331 e. The summed E-state index contributed by atoms with van der Waals surface area (Å²) >= 11 is 0. The third kappa shape index (κ3) is 3.37. The molecule has 0 saturated heterocycles. The van der Waals surface area contributed by atoms with Crippen molar-refractivity contribution in [1.29, 1.82) is 0 Å². The number of benzene rings is 3. The highest BCUT2D eigenvalue weighted by molar-refractivity contribution is 7.89. The Morgan fingerprint density at radius 2 is 1.39 bits per heavy atom. The first-order chi connectivity index (χ1) is 13.5. The molecule has 1 amide bonds. The molecule has 142 valence electrons. The molecule has 0 radical (unpaired) electrons. The summed E-state index contributed by atoms with van der Waals surface area (Å²) in [7, 11) is -3.83. The van der Waals surface area contributed by atoms with Gasteiger partial charge in [-0.1, -0.05) is 54.1 Å². The molecule has 0 unspecified atom stereocenters. The number of nitrogens with zero attached hydrogens (tertiary/aromatic N) is 1. The van der Waals surface area contributed by atoms with Gasteiger partial charge in [-0.05, 0) is 31.2 Å². The Morgan fingerprint density at radius 1 is 0.857 bits per heavy atom. The van der Waals surface area contributed by atoms with Gasteiger partial charge in [0.1, 0.15) is 6.54 Å². The summed E-state index contributed by atoms with van der Waals surface area (Å²) in [6.45, 7) is 1.86. The van der Waals surface area contributed by atoms with E-state index >= 15 is 0 Å². The van der Waals surface area contributed by atoms with Crippen LogP contribution >= 0.6 is 0 Å². The molecule has 2 N–H and O–H groups in total. The lowest BCUT2D eigenvalue weighted by molar-refractivity contribution is -0.122. The largest absolute Gasteiger partial charge is 0.331 e. The molecule has 28 heavy (non-hydrogen) atoms. The van der Waals surface area contributed by atoms with Crippen molar-refractivity contribution in [2.45, 2.75) is 18.4 Å². The maximum Gasteiger partial charge on any atom is 0.257 e. The Kier molecular flexibility index (Phi) is 4.62. The van der Waals surface area contributed by atoms with Gasteiger partial charge in [-0.15, -0.1) is 4.83 Å². The first kappa shape index (κ1) is 18.2. The predicted octanol–water partition coefficient (Wildman–Crippen LogP) is 3.11. The SMILES string of the molecule is Cc1ccc(S(=O)(=O)NNC(=O)Cn2c3ccccc3c3ccccc32)cc1. The van der Waals surface area contributed by atoms with Crippen LogP contribution in [0.2, 0.25) is 0 Å². The Hall–Kier alpha value is -3.16. The van der Waals surface area contributed by atoms with Gasteiger partial charge in [-0.3, -0.25) is 10.2 Å². The van der Waals surface area contributed by atoms with Crippen LogP contribution in [0.1, 0.15) is 5.56 Å². The van der Waals surface area contributed by atoms with Gasteiger partial charge in [0.25, 0.3) is 15.9 Å². The minimum absolute atomic E-state index is 0.00948. The monoisotopic (exact) mass is 393 g/mol. The summed E-state index contributed by atoms with van der Waals surface area (Å²) in [4.78, 5) is 14.7. The van der Waals surface area contributed by atoms with Gasteiger partial charge in [-0.25, -0.2) is 8.42 Å². The average molecular weight is 393 g/mol. The molecule has 7 heteroatoms. The molecule has 1 heterocycles. The molecule has 4 rings (SSSR count). The Balaban J connectivity index is 1.56. The molecule has 0 aliphatic carbocycles. The molecule has 0 aliphatic rings. The minimum atomic E-state index is -3.83. The van der Waals surface area contributed by atoms with Gasteiger partial charge in [0.2, 0.25) is 0 Å². The van der Waals surface area contributed by atoms with Crippen LogP contribution in [0, 0.1) is 6.92 Å². The number of sulfonamides is 1. The second kappa shape index (κ2) is 7.10. The van der Waals surface area contributed by atoms with Gasteiger partial charge >= 0.3 is 0 Å². The number of carbonyl (C=O) groups is 1. The van der Waals surface area contributed by atoms with Crippen LogP contribution in [0.15, 0.2) is 77.7 Å². The third-order valence-electron chi connectivity index (χ3n) is 4.64. The number of rotatable bonds is 5. The third-order valence-corrected chi connectivity index (χ3v) is 5.90. The summed E-state index contributed by atoms with van der Waals surface area (Å²) in [6.07, 6.45) is 0. The van der Waals surface area contributed by atoms with Crippen LogP contribution in [0.3, 0.4) is 0 Å². The maximum atomic E-state index is 12.5. The lowest BCUT2D eigenvalue weighted by atomic mass is 10.2. The fourth-order valence-electron chi connectivity index (χ4n) is 3.26. The number of aromatic nitrogens is 1. The van der Waals surface area contributed by atoms with Crippen LogP contribution in [0.5, 0.6) is 0 Å². The molecule has 3 aromatic carbocycles. The maximum absolute atomic E-state index is 12.5. The number of carbonyl (C=O) groups excluding carboxylic acids is 1. The van der Waals surface area contributed by atoms with E-state index in [9.17, 15) is 13.2 Å². The lowest BCUT2D eigenvalue weighted by Gasteiger charge is -2.10. The Bertz CT molecular complexity index is 1220. The van der Waals surface area contributed by atoms with Crippen LogP contribution in [0.4, 0.5) is 0 Å². The number of fused-ring (bicyclic) bond motifs is 3. The van der Waals surface area contributed by atoms with E-state index in [2.05, 4.69) is 10.3 Å². The normalized spacial score (nSPS) is 11.8. The van der Waals surface area contributed by atoms with Crippen molar-refractivity contribution < 1.29 is 13.2 Å². The highest BCUT2D eigenvalue weighted by Crippen LogP contribution is 2.28. The second-order valence-corrected chi connectivity index (χ2v) is 8.27. The van der Waals surface area contributed by atoms with Crippen molar-refractivity contribution in [2.75, 3.05) is 0 Å². The number of para-hydroxylation sites is 2. The van der Waals surface area contributed by atoms with Gasteiger partial charge in [-0.2, -0.15) is 0 Å². The fraction of sp³-hybridized carbons (Fsp3) is 0.0952. The topological polar surface area (TPSA) is 80.2 Å². The molecule has 6 nitrogen and oxygen atoms in total. The molecule has 0 saturated carbocycles. The van der Waals surface area contributed by atoms with Gasteiger partial charge in [0, 0.05) is 21.8 Å². The molecule has 1 aromatic heterocycles. The number of hydrazine groups is 1. The molecule has 0 bridgehead atoms. The van der Waals surface area contributed by atoms with E-state index in [1.54, 1.807) is 12.1 Å². The first-order valence-electron chi connectivity index (χ1n) is 8.79. The zero-order chi connectivity index (χ0) is 19.7. The molecular weight excluding hydrogens is 374 g/mol. The summed E-state index contributed by atoms with van der Waals surface area (Å²) < 4.78 is 26.6. The van der Waals surface area contributed by atoms with E-state index in [-0.39, 0.29) is 11.4 Å². The smallest absolute Gasteiger partial charge is 0.257 e. The van der Waals surface area contributed by atoms with Crippen molar-refractivity contribution in [3.8, 4) is 0 Å². The van der Waals surface area contributed by atoms with Crippen LogP contribution in [0.25, 0.3) is 21.8 Å². The fourth-order valence-corrected chi connectivity index (χ4v) is 4.12. The van der Waals surface area contributed by atoms with E-state index in [0.717, 1.165) is 27.4 Å². The second-order valence-electron chi connectivity index (χ2n) is 6.59. The quantitative estimate of drug-likeness (QED) is 0.511. The zero-order valence-electron chi connectivity index (χ0n) is 15.2. The number of hydrogen-bond acceptors (Lipinski definition) is 3. The van der Waals surface area contributed by atoms with Gasteiger partial charge in [0.05, 0.1) is 4.90 Å². The van der Waals surface area contributed by atoms with Crippen molar-refractivity contribution in [3.05, 3.63) is 78.4 Å². The summed E-state index contributed by atoms with van der Waals surface area (Å²) in [5, 5.41) is 2.09. The summed E-state index contributed by atoms with van der Waals surface area (Å²) in [5.74, 6) is -0.456. The predicted molar refractivity (Wildman–Crippen MR) is 109 cm³/mol. The zero-order valence-corrected chi connectivity index (χ0v) is 16.0. The van der Waals surface area contributed by atoms with Gasteiger partial charge in [0.15, 0.2) is 0 Å². The van der Waals surface area contributed by atoms with Crippen molar-refractivity contribution >= 4 is 37.7 Å². The van der Waals surface area contributed by atoms with Crippen LogP contribution in [-0.2, 0) is 21.4 Å². The highest BCUT2D eigenvalue weighted by atomic mass is 32.2. The molecule has 0 spiro atoms. The van der Waals surface area contributed by atoms with Crippen molar-refractivity contribution in [3.63, 3.8) is 0 Å². The average Bonchev–Trinajstić information content (AvgIpc) is 3.01. The molecule has 4 aromatic rings. The van der Waals surface area contributed by atoms with Crippen LogP contribution < -0.4 is 10.3 Å². The first-order valence-corrected chi connectivity index (χ1v) is 10.3. The van der Waals surface area contributed by atoms with E-state index < -0.39 is 15.9 Å². The standard InChI is InChI=1S/C21H19N3O3S/c1-15-10-12-16(13-11-15)28(26,27)23-22-21(25)14-24-19-8-4-2-6-17(19)18-7-3-5-9-20(18)24/h2-13,23H,14H2,1H3,(H,22,25). The Morgan fingerprint density at radius 3 is 1.96 bits per heavy atom. The number of aryl methyl sites for hydroxylation is 1. The Labute approximate surface area is 162 Å².